The highest BCUT2D eigenvalue weighted by atomic mass is 16.6. The molecule has 3 heterocycles. The van der Waals surface area contributed by atoms with E-state index in [1.807, 2.05) is 20.8 Å². The standard InChI is InChI=1S/C14H22N4O3/c1-14(2,3)21-13(20)17-7-10-11(8-17)16-18(12(10)19)9-4-5-15-6-9/h9,15-16H,4-8H2,1-3H3. The Bertz CT molecular complexity index is 605. The Balaban J connectivity index is 1.74. The van der Waals surface area contributed by atoms with Crippen molar-refractivity contribution in [1.29, 1.82) is 0 Å². The second kappa shape index (κ2) is 4.91. The Labute approximate surface area is 123 Å². The molecule has 2 aliphatic heterocycles. The minimum Gasteiger partial charge on any atom is -0.444 e. The van der Waals surface area contributed by atoms with Gasteiger partial charge in [0.2, 0.25) is 0 Å². The van der Waals surface area contributed by atoms with Crippen molar-refractivity contribution in [2.75, 3.05) is 13.1 Å². The van der Waals surface area contributed by atoms with Crippen LogP contribution in [0.2, 0.25) is 0 Å². The third-order valence-corrected chi connectivity index (χ3v) is 3.85. The van der Waals surface area contributed by atoms with Crippen LogP contribution in [0.3, 0.4) is 0 Å². The zero-order valence-electron chi connectivity index (χ0n) is 12.7. The molecule has 0 radical (unpaired) electrons. The van der Waals surface area contributed by atoms with Crippen LogP contribution < -0.4 is 10.9 Å². The summed E-state index contributed by atoms with van der Waals surface area (Å²) in [4.78, 5) is 26.0. The van der Waals surface area contributed by atoms with Crippen LogP contribution >= 0.6 is 0 Å². The highest BCUT2D eigenvalue weighted by Crippen LogP contribution is 2.23. The second-order valence-electron chi connectivity index (χ2n) is 6.73. The molecule has 0 aromatic carbocycles. The Morgan fingerprint density at radius 3 is 2.67 bits per heavy atom. The summed E-state index contributed by atoms with van der Waals surface area (Å²) in [5, 5.41) is 6.42. The van der Waals surface area contributed by atoms with Crippen molar-refractivity contribution < 1.29 is 9.53 Å². The summed E-state index contributed by atoms with van der Waals surface area (Å²) in [6.07, 6.45) is 0.579. The Kier molecular flexibility index (Phi) is 3.32. The van der Waals surface area contributed by atoms with Gasteiger partial charge in [-0.05, 0) is 33.7 Å². The number of H-pyrrole nitrogens is 1. The Morgan fingerprint density at radius 2 is 2.10 bits per heavy atom. The van der Waals surface area contributed by atoms with Gasteiger partial charge in [0.1, 0.15) is 5.60 Å². The number of ether oxygens (including phenoxy) is 1. The second-order valence-corrected chi connectivity index (χ2v) is 6.73. The minimum absolute atomic E-state index is 0.00948. The molecule has 1 saturated heterocycles. The first-order chi connectivity index (χ1) is 9.85. The molecular weight excluding hydrogens is 272 g/mol. The summed E-state index contributed by atoms with van der Waals surface area (Å²) in [5.74, 6) is 0. The van der Waals surface area contributed by atoms with Gasteiger partial charge in [0.25, 0.3) is 5.56 Å². The number of carbonyl (C=O) groups excluding carboxylic acids is 1. The zero-order chi connectivity index (χ0) is 15.2. The highest BCUT2D eigenvalue weighted by Gasteiger charge is 2.33. The quantitative estimate of drug-likeness (QED) is 0.808. The molecule has 7 heteroatoms. The number of amides is 1. The maximum atomic E-state index is 12.4. The average molecular weight is 294 g/mol. The molecule has 2 N–H and O–H groups in total. The van der Waals surface area contributed by atoms with Crippen molar-refractivity contribution >= 4 is 6.09 Å². The maximum absolute atomic E-state index is 12.4. The molecule has 21 heavy (non-hydrogen) atoms. The van der Waals surface area contributed by atoms with Crippen LogP contribution in [0.1, 0.15) is 44.5 Å². The summed E-state index contributed by atoms with van der Waals surface area (Å²) < 4.78 is 7.05. The molecule has 0 bridgehead atoms. The van der Waals surface area contributed by atoms with Gasteiger partial charge < -0.3 is 10.1 Å². The molecule has 1 fully saturated rings. The van der Waals surface area contributed by atoms with Gasteiger partial charge in [-0.2, -0.15) is 0 Å². The van der Waals surface area contributed by atoms with E-state index in [2.05, 4.69) is 10.4 Å². The van der Waals surface area contributed by atoms with Crippen LogP contribution in [0.4, 0.5) is 4.79 Å². The van der Waals surface area contributed by atoms with E-state index < -0.39 is 5.60 Å². The first kappa shape index (κ1) is 14.2. The molecule has 0 spiro atoms. The number of carbonyl (C=O) groups is 1. The topological polar surface area (TPSA) is 79.4 Å². The maximum Gasteiger partial charge on any atom is 0.410 e. The predicted molar refractivity (Wildman–Crippen MR) is 77.1 cm³/mol. The van der Waals surface area contributed by atoms with Crippen LogP contribution in [0.25, 0.3) is 0 Å². The highest BCUT2D eigenvalue weighted by molar-refractivity contribution is 5.69. The van der Waals surface area contributed by atoms with Gasteiger partial charge in [0, 0.05) is 6.54 Å². The van der Waals surface area contributed by atoms with E-state index in [-0.39, 0.29) is 17.7 Å². The minimum atomic E-state index is -0.525. The smallest absolute Gasteiger partial charge is 0.410 e. The van der Waals surface area contributed by atoms with Crippen molar-refractivity contribution in [2.45, 2.75) is 51.9 Å². The molecular formula is C14H22N4O3. The third-order valence-electron chi connectivity index (χ3n) is 3.85. The lowest BCUT2D eigenvalue weighted by Crippen LogP contribution is -2.35. The fraction of sp³-hybridized carbons (Fsp3) is 0.714. The number of rotatable bonds is 1. The summed E-state index contributed by atoms with van der Waals surface area (Å²) in [6.45, 7) is 7.99. The van der Waals surface area contributed by atoms with E-state index in [1.165, 1.54) is 0 Å². The SMILES string of the molecule is CC(C)(C)OC(=O)N1Cc2[nH]n(C3CCNC3)c(=O)c2C1. The van der Waals surface area contributed by atoms with Crippen molar-refractivity contribution in [3.63, 3.8) is 0 Å². The monoisotopic (exact) mass is 294 g/mol. The average Bonchev–Trinajstić information content (AvgIpc) is 3.05. The predicted octanol–water partition coefficient (Wildman–Crippen LogP) is 0.961. The molecule has 1 aromatic rings. The van der Waals surface area contributed by atoms with Gasteiger partial charge in [-0.3, -0.25) is 14.8 Å². The van der Waals surface area contributed by atoms with Crippen molar-refractivity contribution in [2.24, 2.45) is 0 Å². The van der Waals surface area contributed by atoms with Gasteiger partial charge in [-0.1, -0.05) is 0 Å². The van der Waals surface area contributed by atoms with Gasteiger partial charge in [0.05, 0.1) is 30.4 Å². The van der Waals surface area contributed by atoms with Gasteiger partial charge in [-0.25, -0.2) is 9.48 Å². The molecule has 116 valence electrons. The molecule has 7 nitrogen and oxygen atoms in total. The number of aromatic nitrogens is 2. The lowest BCUT2D eigenvalue weighted by atomic mass is 10.2. The molecule has 1 atom stereocenters. The molecule has 1 aromatic heterocycles. The van der Waals surface area contributed by atoms with Crippen LogP contribution in [0.5, 0.6) is 0 Å². The van der Waals surface area contributed by atoms with E-state index in [0.29, 0.717) is 18.7 Å². The Morgan fingerprint density at radius 1 is 1.33 bits per heavy atom. The van der Waals surface area contributed by atoms with Crippen molar-refractivity contribution in [3.05, 3.63) is 21.6 Å². The molecule has 1 unspecified atom stereocenters. The summed E-state index contributed by atoms with van der Waals surface area (Å²) in [6, 6.07) is 0.193. The van der Waals surface area contributed by atoms with Crippen LogP contribution in [0, 0.1) is 0 Å². The number of hydrogen-bond donors (Lipinski definition) is 2. The van der Waals surface area contributed by atoms with E-state index in [1.54, 1.807) is 9.58 Å². The van der Waals surface area contributed by atoms with Gasteiger partial charge >= 0.3 is 6.09 Å². The normalized spacial score (nSPS) is 21.7. The largest absolute Gasteiger partial charge is 0.444 e. The van der Waals surface area contributed by atoms with Crippen molar-refractivity contribution in [3.8, 4) is 0 Å². The molecule has 0 aliphatic carbocycles. The first-order valence-electron chi connectivity index (χ1n) is 7.36. The number of hydrogen-bond acceptors (Lipinski definition) is 4. The third kappa shape index (κ3) is 2.70. The van der Waals surface area contributed by atoms with E-state index in [4.69, 9.17) is 4.74 Å². The van der Waals surface area contributed by atoms with Crippen LogP contribution in [0.15, 0.2) is 4.79 Å². The molecule has 3 rings (SSSR count). The molecule has 0 saturated carbocycles. The summed E-state index contributed by atoms with van der Waals surface area (Å²) in [5.41, 5.74) is 0.985. The number of nitrogens with one attached hydrogen (secondary N) is 2. The lowest BCUT2D eigenvalue weighted by Gasteiger charge is -2.24. The summed E-state index contributed by atoms with van der Waals surface area (Å²) >= 11 is 0. The molecule has 1 amide bonds. The Hall–Kier alpha value is -1.76. The fourth-order valence-corrected chi connectivity index (χ4v) is 2.84. The molecule has 2 aliphatic rings. The first-order valence-corrected chi connectivity index (χ1v) is 7.36. The summed E-state index contributed by atoms with van der Waals surface area (Å²) in [7, 11) is 0. The fourth-order valence-electron chi connectivity index (χ4n) is 2.84. The van der Waals surface area contributed by atoms with Crippen LogP contribution in [-0.2, 0) is 17.8 Å². The van der Waals surface area contributed by atoms with E-state index in [0.717, 1.165) is 25.2 Å². The van der Waals surface area contributed by atoms with E-state index >= 15 is 0 Å². The number of fused-ring (bicyclic) bond motifs is 1. The zero-order valence-corrected chi connectivity index (χ0v) is 12.7. The number of nitrogens with zero attached hydrogens (tertiary/aromatic N) is 2. The van der Waals surface area contributed by atoms with Gasteiger partial charge in [-0.15, -0.1) is 0 Å². The van der Waals surface area contributed by atoms with Crippen LogP contribution in [-0.4, -0.2) is 39.5 Å². The lowest BCUT2D eigenvalue weighted by molar-refractivity contribution is 0.0238. The van der Waals surface area contributed by atoms with E-state index in [9.17, 15) is 9.59 Å². The number of aromatic amines is 1. The van der Waals surface area contributed by atoms with Crippen molar-refractivity contribution in [1.82, 2.24) is 20.0 Å². The van der Waals surface area contributed by atoms with Gasteiger partial charge in [0.15, 0.2) is 0 Å².